The van der Waals surface area contributed by atoms with Gasteiger partial charge in [-0.2, -0.15) is 0 Å². The van der Waals surface area contributed by atoms with Crippen LogP contribution in [0, 0.1) is 5.92 Å². The number of carbonyl (C=O) groups excluding carboxylic acids is 3. The monoisotopic (exact) mass is 317 g/mol. The van der Waals surface area contributed by atoms with Crippen LogP contribution in [0.3, 0.4) is 0 Å². The Morgan fingerprint density at radius 1 is 1.17 bits per heavy atom. The molecule has 124 valence electrons. The van der Waals surface area contributed by atoms with E-state index < -0.39 is 5.91 Å². The lowest BCUT2D eigenvalue weighted by atomic mass is 10.0. The smallest absolute Gasteiger partial charge is 0.251 e. The molecule has 3 amide bonds. The van der Waals surface area contributed by atoms with Crippen molar-refractivity contribution in [3.8, 4) is 0 Å². The van der Waals surface area contributed by atoms with E-state index in [4.69, 9.17) is 5.73 Å². The maximum atomic E-state index is 12.3. The first-order chi connectivity index (χ1) is 10.9. The largest absolute Gasteiger partial charge is 0.366 e. The predicted molar refractivity (Wildman–Crippen MR) is 86.9 cm³/mol. The maximum Gasteiger partial charge on any atom is 0.251 e. The van der Waals surface area contributed by atoms with Crippen molar-refractivity contribution in [2.45, 2.75) is 32.7 Å². The van der Waals surface area contributed by atoms with Gasteiger partial charge in [-0.25, -0.2) is 0 Å². The molecule has 1 aliphatic rings. The number of benzene rings is 1. The Morgan fingerprint density at radius 2 is 1.78 bits per heavy atom. The molecule has 1 aromatic rings. The Morgan fingerprint density at radius 3 is 2.35 bits per heavy atom. The Kier molecular flexibility index (Phi) is 5.36. The van der Waals surface area contributed by atoms with Crippen LogP contribution in [0.15, 0.2) is 24.3 Å². The number of nitrogens with one attached hydrogen (secondary N) is 1. The number of nitrogens with zero attached hydrogens (tertiary/aromatic N) is 1. The van der Waals surface area contributed by atoms with Gasteiger partial charge in [0.15, 0.2) is 0 Å². The number of hydrogen-bond acceptors (Lipinski definition) is 3. The van der Waals surface area contributed by atoms with Crippen LogP contribution in [-0.4, -0.2) is 41.8 Å². The molecular formula is C17H23N3O3. The molecule has 6 nitrogen and oxygen atoms in total. The molecule has 0 aromatic heterocycles. The van der Waals surface area contributed by atoms with E-state index in [1.165, 1.54) is 6.07 Å². The Balaban J connectivity index is 1.91. The third-order valence-corrected chi connectivity index (χ3v) is 4.05. The Labute approximate surface area is 136 Å². The lowest BCUT2D eigenvalue weighted by Gasteiger charge is -2.33. The summed E-state index contributed by atoms with van der Waals surface area (Å²) in [7, 11) is 0. The van der Waals surface area contributed by atoms with Crippen LogP contribution in [-0.2, 0) is 4.79 Å². The molecule has 0 bridgehead atoms. The third-order valence-electron chi connectivity index (χ3n) is 4.05. The van der Waals surface area contributed by atoms with Gasteiger partial charge in [-0.05, 0) is 31.0 Å². The second-order valence-electron chi connectivity index (χ2n) is 6.17. The molecule has 2 rings (SSSR count). The topological polar surface area (TPSA) is 92.5 Å². The van der Waals surface area contributed by atoms with Gasteiger partial charge in [-0.1, -0.05) is 19.9 Å². The van der Waals surface area contributed by atoms with Crippen molar-refractivity contribution in [2.75, 3.05) is 13.1 Å². The summed E-state index contributed by atoms with van der Waals surface area (Å²) in [6, 6.07) is 6.40. The molecule has 1 fully saturated rings. The summed E-state index contributed by atoms with van der Waals surface area (Å²) in [6.07, 6.45) is 1.47. The number of primary amides is 1. The number of likely N-dealkylation sites (tertiary alicyclic amines) is 1. The van der Waals surface area contributed by atoms with Crippen LogP contribution >= 0.6 is 0 Å². The van der Waals surface area contributed by atoms with E-state index in [-0.39, 0.29) is 23.8 Å². The summed E-state index contributed by atoms with van der Waals surface area (Å²) in [5.74, 6) is -0.622. The summed E-state index contributed by atoms with van der Waals surface area (Å²) in [5, 5.41) is 2.96. The molecule has 0 atom stereocenters. The van der Waals surface area contributed by atoms with Crippen molar-refractivity contribution in [1.82, 2.24) is 10.2 Å². The van der Waals surface area contributed by atoms with Gasteiger partial charge in [0.2, 0.25) is 11.8 Å². The average molecular weight is 317 g/mol. The molecule has 0 aliphatic carbocycles. The minimum absolute atomic E-state index is 0.00215. The van der Waals surface area contributed by atoms with E-state index in [1.807, 2.05) is 18.7 Å². The number of amides is 3. The normalized spacial score (nSPS) is 15.5. The zero-order valence-corrected chi connectivity index (χ0v) is 13.5. The first kappa shape index (κ1) is 17.0. The summed E-state index contributed by atoms with van der Waals surface area (Å²) < 4.78 is 0. The molecule has 0 radical (unpaired) electrons. The molecule has 1 saturated heterocycles. The van der Waals surface area contributed by atoms with Crippen LogP contribution < -0.4 is 11.1 Å². The van der Waals surface area contributed by atoms with Crippen molar-refractivity contribution >= 4 is 17.7 Å². The van der Waals surface area contributed by atoms with Gasteiger partial charge in [-0.15, -0.1) is 0 Å². The zero-order chi connectivity index (χ0) is 17.0. The summed E-state index contributed by atoms with van der Waals surface area (Å²) in [4.78, 5) is 37.2. The molecule has 3 N–H and O–H groups in total. The summed E-state index contributed by atoms with van der Waals surface area (Å²) >= 11 is 0. The molecule has 6 heteroatoms. The summed E-state index contributed by atoms with van der Waals surface area (Å²) in [5.41, 5.74) is 5.96. The highest BCUT2D eigenvalue weighted by Crippen LogP contribution is 2.14. The predicted octanol–water partition coefficient (Wildman–Crippen LogP) is 1.16. The minimum atomic E-state index is -0.555. The standard InChI is InChI=1S/C17H23N3O3/c1-11(2)17(23)20-8-6-14(7-9-20)19-16(22)13-5-3-4-12(10-13)15(18)21/h3-5,10-11,14H,6-9H2,1-2H3,(H2,18,21)(H,19,22). The number of carbonyl (C=O) groups is 3. The van der Waals surface area contributed by atoms with Gasteiger partial charge in [0.25, 0.3) is 5.91 Å². The van der Waals surface area contributed by atoms with Gasteiger partial charge in [0.05, 0.1) is 0 Å². The van der Waals surface area contributed by atoms with E-state index in [1.54, 1.807) is 18.2 Å². The number of hydrogen-bond donors (Lipinski definition) is 2. The van der Waals surface area contributed by atoms with Crippen LogP contribution in [0.25, 0.3) is 0 Å². The molecule has 0 saturated carbocycles. The van der Waals surface area contributed by atoms with E-state index in [0.29, 0.717) is 24.2 Å². The molecule has 1 aromatic carbocycles. The first-order valence-corrected chi connectivity index (χ1v) is 7.88. The number of piperidine rings is 1. The van der Waals surface area contributed by atoms with Crippen molar-refractivity contribution in [1.29, 1.82) is 0 Å². The van der Waals surface area contributed by atoms with Crippen LogP contribution in [0.1, 0.15) is 47.4 Å². The zero-order valence-electron chi connectivity index (χ0n) is 13.5. The second kappa shape index (κ2) is 7.26. The molecule has 1 heterocycles. The highest BCUT2D eigenvalue weighted by Gasteiger charge is 2.25. The average Bonchev–Trinajstić information content (AvgIpc) is 2.54. The number of rotatable bonds is 4. The van der Waals surface area contributed by atoms with Crippen molar-refractivity contribution in [3.63, 3.8) is 0 Å². The first-order valence-electron chi connectivity index (χ1n) is 7.88. The lowest BCUT2D eigenvalue weighted by Crippen LogP contribution is -2.47. The highest BCUT2D eigenvalue weighted by molar-refractivity contribution is 5.99. The number of nitrogens with two attached hydrogens (primary N) is 1. The fraction of sp³-hybridized carbons (Fsp3) is 0.471. The highest BCUT2D eigenvalue weighted by atomic mass is 16.2. The fourth-order valence-corrected chi connectivity index (χ4v) is 2.69. The van der Waals surface area contributed by atoms with E-state index in [9.17, 15) is 14.4 Å². The quantitative estimate of drug-likeness (QED) is 0.873. The van der Waals surface area contributed by atoms with Gasteiger partial charge in [0, 0.05) is 36.2 Å². The van der Waals surface area contributed by atoms with Crippen molar-refractivity contribution in [2.24, 2.45) is 11.7 Å². The van der Waals surface area contributed by atoms with Gasteiger partial charge in [-0.3, -0.25) is 14.4 Å². The van der Waals surface area contributed by atoms with Gasteiger partial charge >= 0.3 is 0 Å². The summed E-state index contributed by atoms with van der Waals surface area (Å²) in [6.45, 7) is 5.09. The van der Waals surface area contributed by atoms with E-state index in [2.05, 4.69) is 5.32 Å². The molecular weight excluding hydrogens is 294 g/mol. The molecule has 1 aliphatic heterocycles. The lowest BCUT2D eigenvalue weighted by molar-refractivity contribution is -0.135. The van der Waals surface area contributed by atoms with Crippen LogP contribution in [0.5, 0.6) is 0 Å². The Hall–Kier alpha value is -2.37. The van der Waals surface area contributed by atoms with Gasteiger partial charge in [0.1, 0.15) is 0 Å². The van der Waals surface area contributed by atoms with E-state index >= 15 is 0 Å². The van der Waals surface area contributed by atoms with Crippen molar-refractivity contribution < 1.29 is 14.4 Å². The van der Waals surface area contributed by atoms with Crippen LogP contribution in [0.2, 0.25) is 0 Å². The van der Waals surface area contributed by atoms with Crippen LogP contribution in [0.4, 0.5) is 0 Å². The third kappa shape index (κ3) is 4.31. The SMILES string of the molecule is CC(C)C(=O)N1CCC(NC(=O)c2cccc(C(N)=O)c2)CC1. The molecule has 0 spiro atoms. The maximum absolute atomic E-state index is 12.3. The van der Waals surface area contributed by atoms with E-state index in [0.717, 1.165) is 12.8 Å². The minimum Gasteiger partial charge on any atom is -0.366 e. The Bertz CT molecular complexity index is 605. The second-order valence-corrected chi connectivity index (χ2v) is 6.17. The van der Waals surface area contributed by atoms with Gasteiger partial charge < -0.3 is 16.0 Å². The fourth-order valence-electron chi connectivity index (χ4n) is 2.69. The molecule has 0 unspecified atom stereocenters. The van der Waals surface area contributed by atoms with Crippen molar-refractivity contribution in [3.05, 3.63) is 35.4 Å². The molecule has 23 heavy (non-hydrogen) atoms.